The van der Waals surface area contributed by atoms with E-state index in [2.05, 4.69) is 15.5 Å². The molecule has 1 saturated heterocycles. The van der Waals surface area contributed by atoms with E-state index in [1.165, 1.54) is 12.0 Å². The van der Waals surface area contributed by atoms with Crippen LogP contribution in [0.3, 0.4) is 0 Å². The molecule has 3 aromatic carbocycles. The maximum Gasteiger partial charge on any atom is 0.321 e. The van der Waals surface area contributed by atoms with Gasteiger partial charge in [0.1, 0.15) is 12.3 Å². The number of ether oxygens (including phenoxy) is 2. The highest BCUT2D eigenvalue weighted by Crippen LogP contribution is 2.21. The summed E-state index contributed by atoms with van der Waals surface area (Å²) in [5, 5.41) is 5.85. The van der Waals surface area contributed by atoms with Crippen molar-refractivity contribution in [3.63, 3.8) is 0 Å². The van der Waals surface area contributed by atoms with Crippen molar-refractivity contribution in [2.45, 2.75) is 6.92 Å². The predicted octanol–water partition coefficient (Wildman–Crippen LogP) is 4.09. The van der Waals surface area contributed by atoms with Gasteiger partial charge in [0.15, 0.2) is 0 Å². The number of urea groups is 1. The van der Waals surface area contributed by atoms with Crippen molar-refractivity contribution in [1.29, 1.82) is 0 Å². The molecule has 3 aromatic rings. The Kier molecular flexibility index (Phi) is 10.2. The topological polar surface area (TPSA) is 103 Å². The number of hydrogen-bond donors (Lipinski definition) is 2. The Morgan fingerprint density at radius 3 is 2.27 bits per heavy atom. The lowest BCUT2D eigenvalue weighted by Gasteiger charge is -2.36. The summed E-state index contributed by atoms with van der Waals surface area (Å²) in [7, 11) is 3.09. The molecule has 216 valence electrons. The molecule has 0 bridgehead atoms. The third kappa shape index (κ3) is 8.21. The average Bonchev–Trinajstić information content (AvgIpc) is 2.99. The molecule has 0 aliphatic carbocycles. The second-order valence-corrected chi connectivity index (χ2v) is 9.82. The molecule has 10 nitrogen and oxygen atoms in total. The van der Waals surface area contributed by atoms with Gasteiger partial charge in [-0.25, -0.2) is 4.79 Å². The molecule has 0 atom stereocenters. The lowest BCUT2D eigenvalue weighted by atomic mass is 10.2. The molecule has 0 spiro atoms. The fraction of sp³-hybridized carbons (Fsp3) is 0.323. The van der Waals surface area contributed by atoms with Crippen LogP contribution in [0.4, 0.5) is 21.9 Å². The number of nitrogens with one attached hydrogen (secondary N) is 2. The normalized spacial score (nSPS) is 13.0. The highest BCUT2D eigenvalue weighted by Gasteiger charge is 2.22. The SMILES string of the molecule is COCCN(CC(=O)Nc1ccc(N2CCN(C(=O)Nc3cccc(C)c3)CC2)cc1)C(=O)c1cccc(OC)c1. The lowest BCUT2D eigenvalue weighted by molar-refractivity contribution is -0.117. The van der Waals surface area contributed by atoms with E-state index >= 15 is 0 Å². The monoisotopic (exact) mass is 559 g/mol. The van der Waals surface area contributed by atoms with Gasteiger partial charge in [-0.1, -0.05) is 18.2 Å². The summed E-state index contributed by atoms with van der Waals surface area (Å²) in [5.41, 5.74) is 3.97. The van der Waals surface area contributed by atoms with Crippen LogP contribution in [-0.4, -0.2) is 87.7 Å². The second-order valence-electron chi connectivity index (χ2n) is 9.82. The molecule has 0 saturated carbocycles. The van der Waals surface area contributed by atoms with Crippen LogP contribution in [0.5, 0.6) is 5.75 Å². The van der Waals surface area contributed by atoms with Gasteiger partial charge >= 0.3 is 6.03 Å². The van der Waals surface area contributed by atoms with Crippen molar-refractivity contribution >= 4 is 34.9 Å². The van der Waals surface area contributed by atoms with Crippen LogP contribution in [0.2, 0.25) is 0 Å². The van der Waals surface area contributed by atoms with Gasteiger partial charge in [0.25, 0.3) is 5.91 Å². The summed E-state index contributed by atoms with van der Waals surface area (Å²) in [4.78, 5) is 44.1. The Hall–Kier alpha value is -4.57. The fourth-order valence-corrected chi connectivity index (χ4v) is 4.62. The fourth-order valence-electron chi connectivity index (χ4n) is 4.62. The van der Waals surface area contributed by atoms with Crippen LogP contribution in [0, 0.1) is 6.92 Å². The van der Waals surface area contributed by atoms with Crippen LogP contribution >= 0.6 is 0 Å². The number of methoxy groups -OCH3 is 2. The number of carbonyl (C=O) groups excluding carboxylic acids is 3. The molecule has 4 amide bonds. The standard InChI is InChI=1S/C31H37N5O5/c1-23-6-4-8-26(20-23)33-31(39)35-16-14-34(15-17-35)27-12-10-25(11-13-27)32-29(37)22-36(18-19-40-2)30(38)24-7-5-9-28(21-24)41-3/h4-13,20-21H,14-19,22H2,1-3H3,(H,32,37)(H,33,39). The second kappa shape index (κ2) is 14.2. The smallest absolute Gasteiger partial charge is 0.321 e. The van der Waals surface area contributed by atoms with Gasteiger partial charge in [0, 0.05) is 62.5 Å². The molecule has 0 radical (unpaired) electrons. The Bertz CT molecular complexity index is 1340. The molecule has 1 aliphatic heterocycles. The van der Waals surface area contributed by atoms with Gasteiger partial charge in [-0.2, -0.15) is 0 Å². The van der Waals surface area contributed by atoms with Crippen LogP contribution in [0.15, 0.2) is 72.8 Å². The molecule has 0 aromatic heterocycles. The van der Waals surface area contributed by atoms with E-state index in [1.807, 2.05) is 60.4 Å². The van der Waals surface area contributed by atoms with Crippen LogP contribution in [0.25, 0.3) is 0 Å². The first-order valence-electron chi connectivity index (χ1n) is 13.6. The summed E-state index contributed by atoms with van der Waals surface area (Å²) in [5.74, 6) is -0.0180. The summed E-state index contributed by atoms with van der Waals surface area (Å²) in [6, 6.07) is 22.1. The number of amides is 4. The molecule has 10 heteroatoms. The molecule has 0 unspecified atom stereocenters. The van der Waals surface area contributed by atoms with Crippen molar-refractivity contribution in [2.24, 2.45) is 0 Å². The summed E-state index contributed by atoms with van der Waals surface area (Å²) >= 11 is 0. The first kappa shape index (κ1) is 29.4. The summed E-state index contributed by atoms with van der Waals surface area (Å²) in [6.07, 6.45) is 0. The third-order valence-corrected chi connectivity index (χ3v) is 6.86. The zero-order chi connectivity index (χ0) is 29.2. The minimum atomic E-state index is -0.307. The number of nitrogens with zero attached hydrogens (tertiary/aromatic N) is 3. The quantitative estimate of drug-likeness (QED) is 0.388. The van der Waals surface area contributed by atoms with Crippen molar-refractivity contribution in [3.8, 4) is 5.75 Å². The molecular formula is C31H37N5O5. The number of piperazine rings is 1. The Morgan fingerprint density at radius 2 is 1.59 bits per heavy atom. The molecule has 1 fully saturated rings. The molecule has 4 rings (SSSR count). The van der Waals surface area contributed by atoms with Gasteiger partial charge in [-0.05, 0) is 67.1 Å². The number of hydrogen-bond acceptors (Lipinski definition) is 6. The van der Waals surface area contributed by atoms with E-state index in [-0.39, 0.29) is 30.9 Å². The third-order valence-electron chi connectivity index (χ3n) is 6.86. The van der Waals surface area contributed by atoms with E-state index in [9.17, 15) is 14.4 Å². The van der Waals surface area contributed by atoms with E-state index in [4.69, 9.17) is 9.47 Å². The number of aryl methyl sites for hydroxylation is 1. The van der Waals surface area contributed by atoms with E-state index in [0.717, 1.165) is 16.9 Å². The largest absolute Gasteiger partial charge is 0.497 e. The molecule has 2 N–H and O–H groups in total. The van der Waals surface area contributed by atoms with Crippen LogP contribution < -0.4 is 20.3 Å². The van der Waals surface area contributed by atoms with Crippen molar-refractivity contribution in [1.82, 2.24) is 9.80 Å². The van der Waals surface area contributed by atoms with Crippen LogP contribution in [0.1, 0.15) is 15.9 Å². The zero-order valence-corrected chi connectivity index (χ0v) is 23.8. The van der Waals surface area contributed by atoms with Crippen molar-refractivity contribution < 1.29 is 23.9 Å². The maximum absolute atomic E-state index is 13.1. The van der Waals surface area contributed by atoms with Gasteiger partial charge in [0.05, 0.1) is 13.7 Å². The summed E-state index contributed by atoms with van der Waals surface area (Å²) in [6.45, 7) is 5.07. The van der Waals surface area contributed by atoms with Gasteiger partial charge in [0.2, 0.25) is 5.91 Å². The number of benzene rings is 3. The van der Waals surface area contributed by atoms with E-state index < -0.39 is 0 Å². The van der Waals surface area contributed by atoms with Crippen molar-refractivity contribution in [2.75, 3.05) is 75.6 Å². The minimum absolute atomic E-state index is 0.0993. The number of rotatable bonds is 10. The zero-order valence-electron chi connectivity index (χ0n) is 23.8. The Balaban J connectivity index is 1.29. The van der Waals surface area contributed by atoms with Gasteiger partial charge in [-0.15, -0.1) is 0 Å². The Labute approximate surface area is 240 Å². The predicted molar refractivity (Wildman–Crippen MR) is 160 cm³/mol. The number of anilines is 3. The van der Waals surface area contributed by atoms with E-state index in [0.29, 0.717) is 49.8 Å². The number of carbonyl (C=O) groups is 3. The minimum Gasteiger partial charge on any atom is -0.497 e. The molecule has 1 aliphatic rings. The first-order valence-corrected chi connectivity index (χ1v) is 13.6. The highest BCUT2D eigenvalue weighted by atomic mass is 16.5. The van der Waals surface area contributed by atoms with Gasteiger partial charge < -0.3 is 34.8 Å². The molecule has 41 heavy (non-hydrogen) atoms. The Morgan fingerprint density at radius 1 is 0.854 bits per heavy atom. The lowest BCUT2D eigenvalue weighted by Crippen LogP contribution is -2.50. The van der Waals surface area contributed by atoms with Crippen LogP contribution in [-0.2, 0) is 9.53 Å². The average molecular weight is 560 g/mol. The molecular weight excluding hydrogens is 522 g/mol. The van der Waals surface area contributed by atoms with Crippen molar-refractivity contribution in [3.05, 3.63) is 83.9 Å². The summed E-state index contributed by atoms with van der Waals surface area (Å²) < 4.78 is 10.4. The first-order chi connectivity index (χ1) is 19.9. The van der Waals surface area contributed by atoms with E-state index in [1.54, 1.807) is 31.4 Å². The molecule has 1 heterocycles. The van der Waals surface area contributed by atoms with Gasteiger partial charge in [-0.3, -0.25) is 9.59 Å². The highest BCUT2D eigenvalue weighted by molar-refractivity contribution is 5.99. The maximum atomic E-state index is 13.1.